The molecule has 1 aliphatic rings. The molecule has 0 unspecified atom stereocenters. The topological polar surface area (TPSA) is 27.1 Å². The highest BCUT2D eigenvalue weighted by Crippen LogP contribution is 2.19. The number of halogens is 1. The maximum atomic E-state index is 5.24. The number of hydrogen-bond acceptors (Lipinski definition) is 2. The van der Waals surface area contributed by atoms with E-state index >= 15 is 0 Å². The Kier molecular flexibility index (Phi) is 1.96. The molecule has 1 saturated heterocycles. The molecule has 0 bridgehead atoms. The summed E-state index contributed by atoms with van der Waals surface area (Å²) in [5.41, 5.74) is 0. The fraction of sp³-hybridized carbons (Fsp3) is 0.571. The van der Waals surface area contributed by atoms with Crippen LogP contribution in [0.4, 0.5) is 0 Å². The zero-order valence-corrected chi connectivity index (χ0v) is 7.62. The van der Waals surface area contributed by atoms with E-state index in [9.17, 15) is 0 Å². The molecule has 1 aromatic heterocycles. The van der Waals surface area contributed by atoms with E-state index in [0.29, 0.717) is 6.04 Å². The fourth-order valence-electron chi connectivity index (χ4n) is 1.25. The van der Waals surface area contributed by atoms with Gasteiger partial charge in [0.25, 0.3) is 0 Å². The average molecular weight is 217 g/mol. The van der Waals surface area contributed by atoms with Crippen molar-refractivity contribution in [2.75, 3.05) is 13.2 Å². The quantitative estimate of drug-likeness (QED) is 0.714. The van der Waals surface area contributed by atoms with E-state index in [0.717, 1.165) is 24.1 Å². The van der Waals surface area contributed by atoms with Crippen LogP contribution in [0.2, 0.25) is 0 Å². The van der Waals surface area contributed by atoms with Gasteiger partial charge in [0.05, 0.1) is 23.3 Å². The van der Waals surface area contributed by atoms with Gasteiger partial charge in [0.2, 0.25) is 0 Å². The third-order valence-corrected chi connectivity index (χ3v) is 2.26. The van der Waals surface area contributed by atoms with Crippen LogP contribution in [-0.4, -0.2) is 23.0 Å². The third kappa shape index (κ3) is 1.46. The summed E-state index contributed by atoms with van der Waals surface area (Å²) >= 11 is 3.36. The molecule has 0 saturated carbocycles. The van der Waals surface area contributed by atoms with Crippen LogP contribution in [0.25, 0.3) is 0 Å². The van der Waals surface area contributed by atoms with Gasteiger partial charge in [-0.15, -0.1) is 0 Å². The number of hydrogen-bond donors (Lipinski definition) is 0. The molecular formula is C7H9BrN2O. The van der Waals surface area contributed by atoms with Crippen molar-refractivity contribution in [3.63, 3.8) is 0 Å². The van der Waals surface area contributed by atoms with Gasteiger partial charge < -0.3 is 4.74 Å². The Morgan fingerprint density at radius 1 is 1.73 bits per heavy atom. The monoisotopic (exact) mass is 216 g/mol. The molecule has 1 aromatic rings. The lowest BCUT2D eigenvalue weighted by molar-refractivity contribution is 0.184. The summed E-state index contributed by atoms with van der Waals surface area (Å²) in [6.07, 6.45) is 4.87. The lowest BCUT2D eigenvalue weighted by Crippen LogP contribution is -2.08. The Labute approximate surface area is 73.5 Å². The Morgan fingerprint density at radius 2 is 2.64 bits per heavy atom. The molecule has 0 radical (unpaired) electrons. The van der Waals surface area contributed by atoms with Crippen molar-refractivity contribution in [3.05, 3.63) is 16.9 Å². The SMILES string of the molecule is Brc1cnn([C@@H]2CCOC2)c1. The summed E-state index contributed by atoms with van der Waals surface area (Å²) in [6.45, 7) is 1.66. The molecule has 2 rings (SSSR count). The van der Waals surface area contributed by atoms with E-state index in [1.807, 2.05) is 10.9 Å². The maximum absolute atomic E-state index is 5.24. The first-order valence-corrected chi connectivity index (χ1v) is 4.43. The molecule has 3 nitrogen and oxygen atoms in total. The number of rotatable bonds is 1. The van der Waals surface area contributed by atoms with Crippen LogP contribution in [0.1, 0.15) is 12.5 Å². The molecule has 11 heavy (non-hydrogen) atoms. The van der Waals surface area contributed by atoms with E-state index in [2.05, 4.69) is 21.0 Å². The first-order chi connectivity index (χ1) is 5.36. The third-order valence-electron chi connectivity index (χ3n) is 1.85. The van der Waals surface area contributed by atoms with Gasteiger partial charge in [-0.25, -0.2) is 0 Å². The second kappa shape index (κ2) is 2.95. The van der Waals surface area contributed by atoms with Crippen LogP contribution >= 0.6 is 15.9 Å². The molecule has 1 fully saturated rings. The molecule has 1 atom stereocenters. The van der Waals surface area contributed by atoms with E-state index < -0.39 is 0 Å². The normalized spacial score (nSPS) is 24.3. The molecule has 2 heterocycles. The van der Waals surface area contributed by atoms with Crippen LogP contribution in [0.5, 0.6) is 0 Å². The second-order valence-corrected chi connectivity index (χ2v) is 3.57. The van der Waals surface area contributed by atoms with Gasteiger partial charge in [0.1, 0.15) is 0 Å². The van der Waals surface area contributed by atoms with Gasteiger partial charge >= 0.3 is 0 Å². The van der Waals surface area contributed by atoms with Crippen molar-refractivity contribution in [3.8, 4) is 0 Å². The van der Waals surface area contributed by atoms with Gasteiger partial charge in [-0.3, -0.25) is 4.68 Å². The molecular weight excluding hydrogens is 208 g/mol. The van der Waals surface area contributed by atoms with Crippen molar-refractivity contribution in [1.29, 1.82) is 0 Å². The smallest absolute Gasteiger partial charge is 0.0774 e. The minimum atomic E-state index is 0.446. The predicted molar refractivity (Wildman–Crippen MR) is 44.4 cm³/mol. The highest BCUT2D eigenvalue weighted by molar-refractivity contribution is 9.10. The van der Waals surface area contributed by atoms with E-state index in [1.54, 1.807) is 6.20 Å². The van der Waals surface area contributed by atoms with Gasteiger partial charge in [0.15, 0.2) is 0 Å². The lowest BCUT2D eigenvalue weighted by atomic mass is 10.3. The Hall–Kier alpha value is -0.350. The van der Waals surface area contributed by atoms with Gasteiger partial charge in [-0.1, -0.05) is 0 Å². The van der Waals surface area contributed by atoms with Crippen molar-refractivity contribution < 1.29 is 4.74 Å². The molecule has 0 spiro atoms. The van der Waals surface area contributed by atoms with Crippen molar-refractivity contribution >= 4 is 15.9 Å². The summed E-state index contributed by atoms with van der Waals surface area (Å²) < 4.78 is 8.23. The van der Waals surface area contributed by atoms with Gasteiger partial charge in [-0.2, -0.15) is 5.10 Å². The maximum Gasteiger partial charge on any atom is 0.0774 e. The van der Waals surface area contributed by atoms with Crippen molar-refractivity contribution in [2.45, 2.75) is 12.5 Å². The summed E-state index contributed by atoms with van der Waals surface area (Å²) in [7, 11) is 0. The Balaban J connectivity index is 2.15. The van der Waals surface area contributed by atoms with Crippen LogP contribution in [-0.2, 0) is 4.74 Å². The number of aromatic nitrogens is 2. The Morgan fingerprint density at radius 3 is 3.18 bits per heavy atom. The summed E-state index contributed by atoms with van der Waals surface area (Å²) in [5, 5.41) is 4.19. The highest BCUT2D eigenvalue weighted by atomic mass is 79.9. The van der Waals surface area contributed by atoms with Crippen molar-refractivity contribution in [2.24, 2.45) is 0 Å². The van der Waals surface area contributed by atoms with Gasteiger partial charge in [0, 0.05) is 12.8 Å². The van der Waals surface area contributed by atoms with Crippen LogP contribution in [0.3, 0.4) is 0 Å². The first kappa shape index (κ1) is 7.31. The summed E-state index contributed by atoms with van der Waals surface area (Å²) in [4.78, 5) is 0. The second-order valence-electron chi connectivity index (χ2n) is 2.66. The van der Waals surface area contributed by atoms with Crippen LogP contribution < -0.4 is 0 Å². The molecule has 0 aromatic carbocycles. The largest absolute Gasteiger partial charge is 0.379 e. The van der Waals surface area contributed by atoms with Crippen molar-refractivity contribution in [1.82, 2.24) is 9.78 Å². The lowest BCUT2D eigenvalue weighted by Gasteiger charge is -2.06. The van der Waals surface area contributed by atoms with E-state index in [4.69, 9.17) is 4.74 Å². The van der Waals surface area contributed by atoms with Gasteiger partial charge in [-0.05, 0) is 22.4 Å². The fourth-order valence-corrected chi connectivity index (χ4v) is 1.55. The van der Waals surface area contributed by atoms with Crippen LogP contribution in [0, 0.1) is 0 Å². The molecule has 0 amide bonds. The zero-order chi connectivity index (χ0) is 7.68. The first-order valence-electron chi connectivity index (χ1n) is 3.63. The average Bonchev–Trinajstić information content (AvgIpc) is 2.55. The Bertz CT molecular complexity index is 242. The molecule has 0 aliphatic carbocycles. The number of nitrogens with zero attached hydrogens (tertiary/aromatic N) is 2. The minimum Gasteiger partial charge on any atom is -0.379 e. The minimum absolute atomic E-state index is 0.446. The summed E-state index contributed by atoms with van der Waals surface area (Å²) in [6, 6.07) is 0.446. The highest BCUT2D eigenvalue weighted by Gasteiger charge is 2.17. The standard InChI is InChI=1S/C7H9BrN2O/c8-6-3-9-10(4-6)7-1-2-11-5-7/h3-4,7H,1-2,5H2/t7-/m1/s1. The molecule has 0 N–H and O–H groups in total. The number of ether oxygens (including phenoxy) is 1. The molecule has 4 heteroatoms. The van der Waals surface area contributed by atoms with Crippen LogP contribution in [0.15, 0.2) is 16.9 Å². The molecule has 60 valence electrons. The van der Waals surface area contributed by atoms with E-state index in [-0.39, 0.29) is 0 Å². The zero-order valence-electron chi connectivity index (χ0n) is 6.03. The van der Waals surface area contributed by atoms with E-state index in [1.165, 1.54) is 0 Å². The predicted octanol–water partition coefficient (Wildman–Crippen LogP) is 1.61. The summed E-state index contributed by atoms with van der Waals surface area (Å²) in [5.74, 6) is 0. The molecule has 1 aliphatic heterocycles.